The third kappa shape index (κ3) is 3.23. The SMILES string of the molecule is CCOC(=O)/C=C(\C(C)=O)c1c(F)cccc1F. The van der Waals surface area contributed by atoms with Crippen LogP contribution in [0.5, 0.6) is 0 Å². The lowest BCUT2D eigenvalue weighted by atomic mass is 10.0. The van der Waals surface area contributed by atoms with Crippen LogP contribution in [0.15, 0.2) is 24.3 Å². The first kappa shape index (κ1) is 14.0. The smallest absolute Gasteiger partial charge is 0.331 e. The van der Waals surface area contributed by atoms with E-state index in [1.807, 2.05) is 0 Å². The number of esters is 1. The van der Waals surface area contributed by atoms with Crippen molar-refractivity contribution in [3.63, 3.8) is 0 Å². The molecule has 0 radical (unpaired) electrons. The van der Waals surface area contributed by atoms with Gasteiger partial charge in [-0.15, -0.1) is 0 Å². The molecule has 1 aromatic rings. The Morgan fingerprint density at radius 3 is 2.28 bits per heavy atom. The fourth-order valence-electron chi connectivity index (χ4n) is 1.41. The standard InChI is InChI=1S/C13H12F2O3/c1-3-18-12(17)7-9(8(2)16)13-10(14)5-4-6-11(13)15/h4-7H,3H2,1-2H3/b9-7+. The minimum atomic E-state index is -0.902. The molecular formula is C13H12F2O3. The third-order valence-corrected chi connectivity index (χ3v) is 2.16. The van der Waals surface area contributed by atoms with Crippen LogP contribution in [0.4, 0.5) is 8.78 Å². The molecular weight excluding hydrogens is 242 g/mol. The number of rotatable bonds is 4. The third-order valence-electron chi connectivity index (χ3n) is 2.16. The topological polar surface area (TPSA) is 43.4 Å². The van der Waals surface area contributed by atoms with Gasteiger partial charge in [-0.2, -0.15) is 0 Å². The molecule has 0 spiro atoms. The molecule has 0 amide bonds. The zero-order valence-electron chi connectivity index (χ0n) is 10.00. The molecule has 3 nitrogen and oxygen atoms in total. The molecule has 5 heteroatoms. The number of Topliss-reactive ketones (excluding diaryl/α,β-unsaturated/α-hetero) is 1. The number of allylic oxidation sites excluding steroid dienone is 1. The molecule has 0 heterocycles. The Labute approximate surface area is 103 Å². The Kier molecular flexibility index (Phi) is 4.71. The summed E-state index contributed by atoms with van der Waals surface area (Å²) < 4.78 is 31.6. The van der Waals surface area contributed by atoms with Crippen molar-refractivity contribution < 1.29 is 23.1 Å². The van der Waals surface area contributed by atoms with E-state index in [-0.39, 0.29) is 12.2 Å². The van der Waals surface area contributed by atoms with Crippen LogP contribution in [-0.2, 0) is 14.3 Å². The second kappa shape index (κ2) is 6.05. The monoisotopic (exact) mass is 254 g/mol. The first-order chi connectivity index (χ1) is 8.47. The Morgan fingerprint density at radius 2 is 1.83 bits per heavy atom. The van der Waals surface area contributed by atoms with Crippen LogP contribution in [0, 0.1) is 11.6 Å². The van der Waals surface area contributed by atoms with Crippen LogP contribution >= 0.6 is 0 Å². The molecule has 0 atom stereocenters. The molecule has 0 aliphatic carbocycles. The summed E-state index contributed by atoms with van der Waals surface area (Å²) in [5.74, 6) is -3.24. The van der Waals surface area contributed by atoms with E-state index in [1.165, 1.54) is 6.07 Å². The van der Waals surface area contributed by atoms with Crippen LogP contribution < -0.4 is 0 Å². The maximum Gasteiger partial charge on any atom is 0.331 e. The molecule has 18 heavy (non-hydrogen) atoms. The van der Waals surface area contributed by atoms with E-state index in [1.54, 1.807) is 6.92 Å². The van der Waals surface area contributed by atoms with E-state index in [2.05, 4.69) is 4.74 Å². The van der Waals surface area contributed by atoms with Gasteiger partial charge in [0.1, 0.15) is 11.6 Å². The molecule has 0 N–H and O–H groups in total. The number of halogens is 2. The quantitative estimate of drug-likeness (QED) is 0.612. The van der Waals surface area contributed by atoms with Crippen molar-refractivity contribution in [2.24, 2.45) is 0 Å². The van der Waals surface area contributed by atoms with Crippen LogP contribution in [0.2, 0.25) is 0 Å². The maximum absolute atomic E-state index is 13.5. The Bertz CT molecular complexity index is 487. The number of carbonyl (C=O) groups excluding carboxylic acids is 2. The number of hydrogen-bond donors (Lipinski definition) is 0. The van der Waals surface area contributed by atoms with Gasteiger partial charge in [-0.1, -0.05) is 6.07 Å². The van der Waals surface area contributed by atoms with Gasteiger partial charge in [-0.25, -0.2) is 13.6 Å². The lowest BCUT2D eigenvalue weighted by Crippen LogP contribution is -2.07. The molecule has 0 bridgehead atoms. The summed E-state index contributed by atoms with van der Waals surface area (Å²) in [4.78, 5) is 22.6. The molecule has 1 rings (SSSR count). The van der Waals surface area contributed by atoms with Gasteiger partial charge < -0.3 is 4.74 Å². The highest BCUT2D eigenvalue weighted by molar-refractivity contribution is 6.23. The van der Waals surface area contributed by atoms with Crippen molar-refractivity contribution in [2.75, 3.05) is 6.61 Å². The molecule has 0 aliphatic heterocycles. The summed E-state index contributed by atoms with van der Waals surface area (Å²) in [6, 6.07) is 3.21. The van der Waals surface area contributed by atoms with Crippen LogP contribution in [0.25, 0.3) is 5.57 Å². The normalized spacial score (nSPS) is 11.2. The van der Waals surface area contributed by atoms with Crippen molar-refractivity contribution in [1.82, 2.24) is 0 Å². The minimum Gasteiger partial charge on any atom is -0.463 e. The van der Waals surface area contributed by atoms with E-state index in [0.717, 1.165) is 25.1 Å². The van der Waals surface area contributed by atoms with Crippen molar-refractivity contribution in [3.8, 4) is 0 Å². The second-order valence-corrected chi connectivity index (χ2v) is 3.46. The molecule has 0 aliphatic rings. The van der Waals surface area contributed by atoms with Crippen molar-refractivity contribution in [2.45, 2.75) is 13.8 Å². The number of ketones is 1. The summed E-state index contributed by atoms with van der Waals surface area (Å²) in [6.07, 6.45) is 0.799. The lowest BCUT2D eigenvalue weighted by Gasteiger charge is -2.07. The Balaban J connectivity index is 3.30. The summed E-state index contributed by atoms with van der Waals surface area (Å²) in [5, 5.41) is 0. The van der Waals surface area contributed by atoms with Gasteiger partial charge in [-0.3, -0.25) is 4.79 Å². The van der Waals surface area contributed by atoms with E-state index >= 15 is 0 Å². The van der Waals surface area contributed by atoms with Crippen molar-refractivity contribution in [3.05, 3.63) is 41.5 Å². The average Bonchev–Trinajstić information content (AvgIpc) is 2.27. The predicted octanol–water partition coefficient (Wildman–Crippen LogP) is 2.50. The highest BCUT2D eigenvalue weighted by atomic mass is 19.1. The fourth-order valence-corrected chi connectivity index (χ4v) is 1.41. The van der Waals surface area contributed by atoms with E-state index in [9.17, 15) is 18.4 Å². The van der Waals surface area contributed by atoms with Crippen LogP contribution in [-0.4, -0.2) is 18.4 Å². The highest BCUT2D eigenvalue weighted by Crippen LogP contribution is 2.22. The van der Waals surface area contributed by atoms with Gasteiger partial charge in [0.25, 0.3) is 0 Å². The number of hydrogen-bond acceptors (Lipinski definition) is 3. The Morgan fingerprint density at radius 1 is 1.28 bits per heavy atom. The Hall–Kier alpha value is -2.04. The minimum absolute atomic E-state index is 0.111. The van der Waals surface area contributed by atoms with Gasteiger partial charge in [0.2, 0.25) is 0 Å². The molecule has 0 saturated carbocycles. The average molecular weight is 254 g/mol. The van der Waals surface area contributed by atoms with Crippen LogP contribution in [0.1, 0.15) is 19.4 Å². The van der Waals surface area contributed by atoms with Crippen LogP contribution in [0.3, 0.4) is 0 Å². The highest BCUT2D eigenvalue weighted by Gasteiger charge is 2.18. The second-order valence-electron chi connectivity index (χ2n) is 3.46. The van der Waals surface area contributed by atoms with Crippen molar-refractivity contribution in [1.29, 1.82) is 0 Å². The van der Waals surface area contributed by atoms with E-state index in [0.29, 0.717) is 0 Å². The molecule has 0 aromatic heterocycles. The predicted molar refractivity (Wildman–Crippen MR) is 61.6 cm³/mol. The number of ether oxygens (including phenoxy) is 1. The summed E-state index contributed by atoms with van der Waals surface area (Å²) in [6.45, 7) is 2.82. The van der Waals surface area contributed by atoms with Crippen molar-refractivity contribution >= 4 is 17.3 Å². The molecule has 0 fully saturated rings. The number of benzene rings is 1. The summed E-state index contributed by atoms with van der Waals surface area (Å²) in [5.41, 5.74) is -0.859. The van der Waals surface area contributed by atoms with Gasteiger partial charge >= 0.3 is 5.97 Å². The molecule has 96 valence electrons. The first-order valence-electron chi connectivity index (χ1n) is 5.31. The van der Waals surface area contributed by atoms with E-state index in [4.69, 9.17) is 0 Å². The largest absolute Gasteiger partial charge is 0.463 e. The van der Waals surface area contributed by atoms with Gasteiger partial charge in [0.05, 0.1) is 12.2 Å². The van der Waals surface area contributed by atoms with Gasteiger partial charge in [-0.05, 0) is 26.0 Å². The summed E-state index contributed by atoms with van der Waals surface area (Å²) in [7, 11) is 0. The lowest BCUT2D eigenvalue weighted by molar-refractivity contribution is -0.137. The van der Waals surface area contributed by atoms with E-state index < -0.39 is 29.0 Å². The van der Waals surface area contributed by atoms with Gasteiger partial charge in [0.15, 0.2) is 5.78 Å². The molecule has 0 unspecified atom stereocenters. The maximum atomic E-state index is 13.5. The molecule has 0 saturated heterocycles. The first-order valence-corrected chi connectivity index (χ1v) is 5.31. The zero-order chi connectivity index (χ0) is 13.7. The number of carbonyl (C=O) groups is 2. The zero-order valence-corrected chi connectivity index (χ0v) is 10.00. The van der Waals surface area contributed by atoms with Gasteiger partial charge in [0, 0.05) is 11.6 Å². The fraction of sp³-hybridized carbons (Fsp3) is 0.231. The molecule has 1 aromatic carbocycles. The summed E-state index contributed by atoms with van der Waals surface area (Å²) >= 11 is 0.